The fraction of sp³-hybridized carbons (Fsp3) is 0.455. The molecule has 88 valence electrons. The number of nitrogens with one attached hydrogen (secondary N) is 1. The molecule has 0 aliphatic heterocycles. The van der Waals surface area contributed by atoms with Gasteiger partial charge in [-0.15, -0.1) is 0 Å². The van der Waals surface area contributed by atoms with Gasteiger partial charge in [0.05, 0.1) is 6.54 Å². The molecular weight excluding hydrogens is 226 g/mol. The SMILES string of the molecule is C=C(Cl)CNc1nccn(C(C)(C)C)c1=O. The number of halogens is 1. The van der Waals surface area contributed by atoms with E-state index in [0.717, 1.165) is 0 Å². The maximum atomic E-state index is 12.0. The minimum absolute atomic E-state index is 0.159. The smallest absolute Gasteiger partial charge is 0.293 e. The third kappa shape index (κ3) is 3.10. The Labute approximate surface area is 100.0 Å². The van der Waals surface area contributed by atoms with Gasteiger partial charge in [0, 0.05) is 23.0 Å². The van der Waals surface area contributed by atoms with Crippen molar-refractivity contribution in [3.63, 3.8) is 0 Å². The number of aromatic nitrogens is 2. The summed E-state index contributed by atoms with van der Waals surface area (Å²) in [5.41, 5.74) is -0.429. The molecule has 4 nitrogen and oxygen atoms in total. The Morgan fingerprint density at radius 3 is 2.75 bits per heavy atom. The summed E-state index contributed by atoms with van der Waals surface area (Å²) in [6, 6.07) is 0. The third-order valence-electron chi connectivity index (χ3n) is 2.01. The van der Waals surface area contributed by atoms with E-state index in [1.165, 1.54) is 0 Å². The maximum absolute atomic E-state index is 12.0. The first-order chi connectivity index (χ1) is 7.32. The van der Waals surface area contributed by atoms with Crippen molar-refractivity contribution < 1.29 is 0 Å². The van der Waals surface area contributed by atoms with Crippen LogP contribution < -0.4 is 10.9 Å². The minimum atomic E-state index is -0.269. The van der Waals surface area contributed by atoms with Gasteiger partial charge in [0.15, 0.2) is 5.82 Å². The van der Waals surface area contributed by atoms with Crippen LogP contribution in [0.25, 0.3) is 0 Å². The second-order valence-corrected chi connectivity index (χ2v) is 5.03. The largest absolute Gasteiger partial charge is 0.361 e. The molecule has 1 heterocycles. The zero-order valence-corrected chi connectivity index (χ0v) is 10.5. The fourth-order valence-electron chi connectivity index (χ4n) is 1.24. The molecule has 1 aromatic heterocycles. The lowest BCUT2D eigenvalue weighted by atomic mass is 10.1. The predicted molar refractivity (Wildman–Crippen MR) is 67.0 cm³/mol. The molecule has 16 heavy (non-hydrogen) atoms. The van der Waals surface area contributed by atoms with Crippen molar-refractivity contribution in [1.29, 1.82) is 0 Å². The van der Waals surface area contributed by atoms with Crippen LogP contribution in [0.5, 0.6) is 0 Å². The van der Waals surface area contributed by atoms with E-state index in [1.54, 1.807) is 17.0 Å². The average molecular weight is 242 g/mol. The molecule has 0 atom stereocenters. The average Bonchev–Trinajstić information content (AvgIpc) is 2.14. The maximum Gasteiger partial charge on any atom is 0.293 e. The van der Waals surface area contributed by atoms with Crippen molar-refractivity contribution in [3.05, 3.63) is 34.4 Å². The van der Waals surface area contributed by atoms with Crippen LogP contribution in [0.15, 0.2) is 28.8 Å². The first-order valence-electron chi connectivity index (χ1n) is 4.97. The van der Waals surface area contributed by atoms with Gasteiger partial charge < -0.3 is 9.88 Å². The Hall–Kier alpha value is -1.29. The molecule has 0 unspecified atom stereocenters. The molecular formula is C11H16ClN3O. The molecule has 0 spiro atoms. The molecule has 0 bridgehead atoms. The molecule has 1 N–H and O–H groups in total. The van der Waals surface area contributed by atoms with Gasteiger partial charge in [0.2, 0.25) is 0 Å². The molecule has 0 amide bonds. The standard InChI is InChI=1S/C11H16ClN3O/c1-8(12)7-14-9-10(16)15(6-5-13-9)11(2,3)4/h5-6H,1,7H2,2-4H3,(H,13,14). The lowest BCUT2D eigenvalue weighted by molar-refractivity contribution is 0.383. The van der Waals surface area contributed by atoms with Crippen molar-refractivity contribution in [2.45, 2.75) is 26.3 Å². The van der Waals surface area contributed by atoms with E-state index in [4.69, 9.17) is 11.6 Å². The number of rotatable bonds is 3. The zero-order valence-electron chi connectivity index (χ0n) is 9.75. The first-order valence-corrected chi connectivity index (χ1v) is 5.35. The molecule has 0 radical (unpaired) electrons. The first kappa shape index (κ1) is 12.8. The number of anilines is 1. The summed E-state index contributed by atoms with van der Waals surface area (Å²) in [7, 11) is 0. The van der Waals surface area contributed by atoms with E-state index in [2.05, 4.69) is 16.9 Å². The summed E-state index contributed by atoms with van der Waals surface area (Å²) in [6.07, 6.45) is 3.26. The van der Waals surface area contributed by atoms with Crippen LogP contribution in [0.4, 0.5) is 5.82 Å². The van der Waals surface area contributed by atoms with E-state index in [9.17, 15) is 4.79 Å². The molecule has 1 aromatic rings. The van der Waals surface area contributed by atoms with Gasteiger partial charge in [-0.25, -0.2) is 4.98 Å². The minimum Gasteiger partial charge on any atom is -0.361 e. The summed E-state index contributed by atoms with van der Waals surface area (Å²) in [5.74, 6) is 0.291. The van der Waals surface area contributed by atoms with E-state index < -0.39 is 0 Å². The molecule has 0 aromatic carbocycles. The van der Waals surface area contributed by atoms with Crippen LogP contribution in [0.2, 0.25) is 0 Å². The highest BCUT2D eigenvalue weighted by atomic mass is 35.5. The van der Waals surface area contributed by atoms with Crippen molar-refractivity contribution in [1.82, 2.24) is 9.55 Å². The van der Waals surface area contributed by atoms with Crippen LogP contribution in [0, 0.1) is 0 Å². The Bertz CT molecular complexity index is 445. The van der Waals surface area contributed by atoms with E-state index in [0.29, 0.717) is 17.4 Å². The number of hydrogen-bond acceptors (Lipinski definition) is 3. The summed E-state index contributed by atoms with van der Waals surface area (Å²) in [5, 5.41) is 3.29. The summed E-state index contributed by atoms with van der Waals surface area (Å²) >= 11 is 5.62. The van der Waals surface area contributed by atoms with E-state index >= 15 is 0 Å². The highest BCUT2D eigenvalue weighted by Crippen LogP contribution is 2.10. The molecule has 0 aliphatic carbocycles. The van der Waals surface area contributed by atoms with Crippen molar-refractivity contribution in [2.75, 3.05) is 11.9 Å². The van der Waals surface area contributed by atoms with Crippen molar-refractivity contribution >= 4 is 17.4 Å². The number of nitrogens with zero attached hydrogens (tertiary/aromatic N) is 2. The van der Waals surface area contributed by atoms with Crippen LogP contribution in [-0.2, 0) is 5.54 Å². The van der Waals surface area contributed by atoms with Crippen molar-refractivity contribution in [2.24, 2.45) is 0 Å². The molecule has 0 fully saturated rings. The predicted octanol–water partition coefficient (Wildman–Crippen LogP) is 2.16. The molecule has 0 aliphatic rings. The van der Waals surface area contributed by atoms with Crippen LogP contribution in [-0.4, -0.2) is 16.1 Å². The topological polar surface area (TPSA) is 46.9 Å². The quantitative estimate of drug-likeness (QED) is 0.882. The number of hydrogen-bond donors (Lipinski definition) is 1. The highest BCUT2D eigenvalue weighted by molar-refractivity contribution is 6.29. The molecule has 0 saturated heterocycles. The van der Waals surface area contributed by atoms with E-state index in [1.807, 2.05) is 20.8 Å². The van der Waals surface area contributed by atoms with Gasteiger partial charge in [-0.1, -0.05) is 18.2 Å². The summed E-state index contributed by atoms with van der Waals surface area (Å²) in [4.78, 5) is 16.0. The summed E-state index contributed by atoms with van der Waals surface area (Å²) < 4.78 is 1.62. The lowest BCUT2D eigenvalue weighted by Crippen LogP contribution is -2.35. The van der Waals surface area contributed by atoms with Gasteiger partial charge in [0.1, 0.15) is 0 Å². The third-order valence-corrected chi connectivity index (χ3v) is 2.14. The lowest BCUT2D eigenvalue weighted by Gasteiger charge is -2.22. The summed E-state index contributed by atoms with van der Waals surface area (Å²) in [6.45, 7) is 9.74. The van der Waals surface area contributed by atoms with Crippen LogP contribution >= 0.6 is 11.6 Å². The molecule has 5 heteroatoms. The normalized spacial score (nSPS) is 11.2. The molecule has 1 rings (SSSR count). The van der Waals surface area contributed by atoms with Crippen LogP contribution in [0.1, 0.15) is 20.8 Å². The van der Waals surface area contributed by atoms with Gasteiger partial charge in [-0.3, -0.25) is 4.79 Å². The van der Waals surface area contributed by atoms with Gasteiger partial charge in [0.25, 0.3) is 5.56 Å². The van der Waals surface area contributed by atoms with Crippen molar-refractivity contribution in [3.8, 4) is 0 Å². The fourth-order valence-corrected chi connectivity index (χ4v) is 1.31. The zero-order chi connectivity index (χ0) is 12.3. The Morgan fingerprint density at radius 1 is 1.62 bits per heavy atom. The Balaban J connectivity index is 3.05. The monoisotopic (exact) mass is 241 g/mol. The second-order valence-electron chi connectivity index (χ2n) is 4.49. The Kier molecular flexibility index (Phi) is 3.75. The van der Waals surface area contributed by atoms with Gasteiger partial charge in [-0.05, 0) is 20.8 Å². The second kappa shape index (κ2) is 4.70. The van der Waals surface area contributed by atoms with E-state index in [-0.39, 0.29) is 11.1 Å². The highest BCUT2D eigenvalue weighted by Gasteiger charge is 2.16. The Morgan fingerprint density at radius 2 is 2.25 bits per heavy atom. The van der Waals surface area contributed by atoms with Gasteiger partial charge in [-0.2, -0.15) is 0 Å². The van der Waals surface area contributed by atoms with Gasteiger partial charge >= 0.3 is 0 Å². The molecule has 0 saturated carbocycles. The van der Waals surface area contributed by atoms with Crippen LogP contribution in [0.3, 0.4) is 0 Å².